The van der Waals surface area contributed by atoms with Crippen LogP contribution in [0.25, 0.3) is 0 Å². The third-order valence-electron chi connectivity index (χ3n) is 16.4. The van der Waals surface area contributed by atoms with Crippen molar-refractivity contribution in [1.29, 1.82) is 0 Å². The van der Waals surface area contributed by atoms with Crippen LogP contribution >= 0.6 is 0 Å². The van der Waals surface area contributed by atoms with Crippen molar-refractivity contribution < 1.29 is 24.5 Å². The van der Waals surface area contributed by atoms with Crippen LogP contribution in [0, 0.1) is 0 Å². The molecule has 0 aromatic carbocycles. The molecular weight excluding hydrogens is 911 g/mol. The molecule has 0 spiro atoms. The molecule has 0 saturated heterocycles. The average molecular weight is 1050 g/mol. The normalized spacial score (nSPS) is 12.4. The summed E-state index contributed by atoms with van der Waals surface area (Å²) in [6.07, 6.45) is 77.3. The van der Waals surface area contributed by atoms with Crippen molar-refractivity contribution >= 4 is 11.9 Å². The summed E-state index contributed by atoms with van der Waals surface area (Å²) in [5.41, 5.74) is 0. The molecule has 6 heteroatoms. The van der Waals surface area contributed by atoms with Crippen molar-refractivity contribution in [3.8, 4) is 0 Å². The molecule has 0 aliphatic carbocycles. The van der Waals surface area contributed by atoms with E-state index in [9.17, 15) is 19.8 Å². The molecule has 0 bridgehead atoms. The van der Waals surface area contributed by atoms with Gasteiger partial charge in [0.1, 0.15) is 0 Å². The monoisotopic (exact) mass is 1050 g/mol. The van der Waals surface area contributed by atoms with E-state index in [2.05, 4.69) is 19.2 Å². The molecule has 0 radical (unpaired) electrons. The van der Waals surface area contributed by atoms with Crippen molar-refractivity contribution in [2.45, 2.75) is 411 Å². The zero-order chi connectivity index (χ0) is 53.6. The lowest BCUT2D eigenvalue weighted by molar-refractivity contribution is -0.143. The van der Waals surface area contributed by atoms with Crippen LogP contribution in [0.3, 0.4) is 0 Å². The van der Waals surface area contributed by atoms with E-state index in [-0.39, 0.29) is 18.5 Å². The van der Waals surface area contributed by atoms with Crippen LogP contribution < -0.4 is 5.32 Å². The molecule has 0 saturated carbocycles. The Morgan fingerprint density at radius 1 is 0.324 bits per heavy atom. The van der Waals surface area contributed by atoms with E-state index in [1.165, 1.54) is 327 Å². The summed E-state index contributed by atoms with van der Waals surface area (Å²) in [4.78, 5) is 24.5. The van der Waals surface area contributed by atoms with Crippen molar-refractivity contribution in [2.75, 3.05) is 13.2 Å². The van der Waals surface area contributed by atoms with Crippen molar-refractivity contribution in [1.82, 2.24) is 5.32 Å². The zero-order valence-corrected chi connectivity index (χ0v) is 50.6. The Balaban J connectivity index is 3.28. The number of aliphatic hydroxyl groups is 2. The summed E-state index contributed by atoms with van der Waals surface area (Å²) < 4.78 is 5.51. The van der Waals surface area contributed by atoms with Gasteiger partial charge in [-0.3, -0.25) is 9.59 Å². The van der Waals surface area contributed by atoms with E-state index in [1.54, 1.807) is 0 Å². The molecule has 3 N–H and O–H groups in total. The van der Waals surface area contributed by atoms with Crippen LogP contribution in [0.1, 0.15) is 399 Å². The molecule has 442 valence electrons. The van der Waals surface area contributed by atoms with E-state index in [1.807, 2.05) is 0 Å². The van der Waals surface area contributed by atoms with Crippen LogP contribution in [0.4, 0.5) is 0 Å². The fourth-order valence-corrected chi connectivity index (χ4v) is 11.2. The maximum absolute atomic E-state index is 12.5. The Morgan fingerprint density at radius 2 is 0.554 bits per heavy atom. The number of unbranched alkanes of at least 4 members (excludes halogenated alkanes) is 54. The van der Waals surface area contributed by atoms with Gasteiger partial charge in [-0.05, 0) is 25.7 Å². The Morgan fingerprint density at radius 3 is 0.824 bits per heavy atom. The van der Waals surface area contributed by atoms with Crippen LogP contribution in [0.15, 0.2) is 0 Å². The molecule has 6 nitrogen and oxygen atoms in total. The Labute approximate surface area is 464 Å². The first-order chi connectivity index (χ1) is 36.5. The topological polar surface area (TPSA) is 95.9 Å². The van der Waals surface area contributed by atoms with Crippen LogP contribution in [0.2, 0.25) is 0 Å². The van der Waals surface area contributed by atoms with Gasteiger partial charge in [0.05, 0.1) is 25.4 Å². The number of hydrogen-bond acceptors (Lipinski definition) is 5. The lowest BCUT2D eigenvalue weighted by Crippen LogP contribution is -2.45. The number of esters is 1. The largest absolute Gasteiger partial charge is 0.466 e. The first-order valence-corrected chi connectivity index (χ1v) is 34.3. The highest BCUT2D eigenvalue weighted by Crippen LogP contribution is 2.19. The number of amides is 1. The summed E-state index contributed by atoms with van der Waals surface area (Å²) in [5, 5.41) is 23.2. The number of carbonyl (C=O) groups is 2. The minimum atomic E-state index is -0.659. The van der Waals surface area contributed by atoms with E-state index < -0.39 is 12.1 Å². The Hall–Kier alpha value is -1.14. The summed E-state index contributed by atoms with van der Waals surface area (Å²) in [6, 6.07) is -0.536. The van der Waals surface area contributed by atoms with Gasteiger partial charge in [0.15, 0.2) is 0 Å². The van der Waals surface area contributed by atoms with Gasteiger partial charge >= 0.3 is 5.97 Å². The molecule has 2 unspecified atom stereocenters. The number of aliphatic hydroxyl groups excluding tert-OH is 2. The van der Waals surface area contributed by atoms with Gasteiger partial charge in [0, 0.05) is 12.8 Å². The first kappa shape index (κ1) is 72.9. The van der Waals surface area contributed by atoms with Crippen molar-refractivity contribution in [3.63, 3.8) is 0 Å². The number of rotatable bonds is 65. The fourth-order valence-electron chi connectivity index (χ4n) is 11.2. The molecular formula is C68H135NO5. The van der Waals surface area contributed by atoms with Gasteiger partial charge in [0.25, 0.3) is 0 Å². The highest BCUT2D eigenvalue weighted by Gasteiger charge is 2.20. The van der Waals surface area contributed by atoms with E-state index in [4.69, 9.17) is 4.74 Å². The maximum atomic E-state index is 12.5. The molecule has 0 aromatic rings. The van der Waals surface area contributed by atoms with Gasteiger partial charge in [-0.25, -0.2) is 0 Å². The number of ether oxygens (including phenoxy) is 1. The Bertz CT molecular complexity index is 1070. The van der Waals surface area contributed by atoms with Crippen molar-refractivity contribution in [3.05, 3.63) is 0 Å². The Kier molecular flexibility index (Phi) is 63.4. The molecule has 74 heavy (non-hydrogen) atoms. The van der Waals surface area contributed by atoms with Gasteiger partial charge in [0.2, 0.25) is 5.91 Å². The summed E-state index contributed by atoms with van der Waals surface area (Å²) >= 11 is 0. The predicted molar refractivity (Wildman–Crippen MR) is 324 cm³/mol. The standard InChI is InChI=1S/C68H135NO5/c1-3-5-7-9-11-13-15-16-17-35-38-42-46-50-54-58-62-68(73)74-63-59-55-51-47-43-39-36-33-31-29-27-25-23-21-19-18-20-22-24-26-28-30-32-34-37-41-45-49-53-57-61-67(72)69-65(64-70)66(71)60-56-52-48-44-40-14-12-10-8-6-4-2/h65-66,70-71H,3-64H2,1-2H3,(H,69,72). The maximum Gasteiger partial charge on any atom is 0.305 e. The van der Waals surface area contributed by atoms with E-state index in [0.29, 0.717) is 25.9 Å². The minimum absolute atomic E-state index is 0.0246. The first-order valence-electron chi connectivity index (χ1n) is 34.3. The third kappa shape index (κ3) is 60.1. The molecule has 2 atom stereocenters. The molecule has 1 amide bonds. The van der Waals surface area contributed by atoms with Gasteiger partial charge in [-0.2, -0.15) is 0 Å². The van der Waals surface area contributed by atoms with Crippen LogP contribution in [-0.4, -0.2) is 47.4 Å². The molecule has 0 fully saturated rings. The van der Waals surface area contributed by atoms with Gasteiger partial charge < -0.3 is 20.3 Å². The number of carbonyl (C=O) groups excluding carboxylic acids is 2. The average Bonchev–Trinajstić information content (AvgIpc) is 3.40. The van der Waals surface area contributed by atoms with Crippen molar-refractivity contribution in [2.24, 2.45) is 0 Å². The third-order valence-corrected chi connectivity index (χ3v) is 16.4. The SMILES string of the molecule is CCCCCCCCCCCCCCCCCCC(=O)OCCCCCCCCCCCCCCCCCCCCCCCCCCCCCCCCC(=O)NC(CO)C(O)CCCCCCCCCCCCC. The second kappa shape index (κ2) is 64.4. The van der Waals surface area contributed by atoms with Gasteiger partial charge in [-0.1, -0.05) is 361 Å². The van der Waals surface area contributed by atoms with E-state index in [0.717, 1.165) is 38.5 Å². The summed E-state index contributed by atoms with van der Waals surface area (Å²) in [6.45, 7) is 4.99. The van der Waals surface area contributed by atoms with Crippen LogP contribution in [-0.2, 0) is 14.3 Å². The fraction of sp³-hybridized carbons (Fsp3) is 0.971. The smallest absolute Gasteiger partial charge is 0.305 e. The second-order valence-electron chi connectivity index (χ2n) is 23.9. The summed E-state index contributed by atoms with van der Waals surface area (Å²) in [7, 11) is 0. The molecule has 0 heterocycles. The molecule has 0 aliphatic rings. The zero-order valence-electron chi connectivity index (χ0n) is 50.6. The van der Waals surface area contributed by atoms with E-state index >= 15 is 0 Å². The molecule has 0 rings (SSSR count). The molecule has 0 aliphatic heterocycles. The van der Waals surface area contributed by atoms with Gasteiger partial charge in [-0.15, -0.1) is 0 Å². The van der Waals surface area contributed by atoms with Crippen LogP contribution in [0.5, 0.6) is 0 Å². The number of hydrogen-bond donors (Lipinski definition) is 3. The second-order valence-corrected chi connectivity index (χ2v) is 23.9. The highest BCUT2D eigenvalue weighted by atomic mass is 16.5. The predicted octanol–water partition coefficient (Wildman–Crippen LogP) is 21.8. The molecule has 0 aromatic heterocycles. The quantitative estimate of drug-likeness (QED) is 0.0417. The minimum Gasteiger partial charge on any atom is -0.466 e. The lowest BCUT2D eigenvalue weighted by atomic mass is 10.0. The summed E-state index contributed by atoms with van der Waals surface area (Å²) in [5.74, 6) is -0.00494. The highest BCUT2D eigenvalue weighted by molar-refractivity contribution is 5.76. The lowest BCUT2D eigenvalue weighted by Gasteiger charge is -2.22. The number of nitrogens with one attached hydrogen (secondary N) is 1.